The number of hydrogen-bond donors (Lipinski definition) is 2. The van der Waals surface area contributed by atoms with Gasteiger partial charge in [-0.05, 0) is 24.3 Å². The van der Waals surface area contributed by atoms with Gasteiger partial charge in [0.2, 0.25) is 0 Å². The highest BCUT2D eigenvalue weighted by molar-refractivity contribution is 6.07. The highest BCUT2D eigenvalue weighted by Gasteiger charge is 2.09. The highest BCUT2D eigenvalue weighted by atomic mass is 16.1. The van der Waals surface area contributed by atoms with Crippen LogP contribution in [0.3, 0.4) is 0 Å². The first-order valence-corrected chi connectivity index (χ1v) is 4.69. The van der Waals surface area contributed by atoms with E-state index in [1.807, 2.05) is 0 Å². The van der Waals surface area contributed by atoms with Gasteiger partial charge in [0.1, 0.15) is 5.82 Å². The molecule has 1 amide bonds. The van der Waals surface area contributed by atoms with E-state index in [1.54, 1.807) is 42.9 Å². The number of nitrogens with zero attached hydrogens (tertiary/aromatic N) is 2. The summed E-state index contributed by atoms with van der Waals surface area (Å²) < 4.78 is 0. The third-order valence-electron chi connectivity index (χ3n) is 2.02. The Kier molecular flexibility index (Phi) is 2.77. The Morgan fingerprint density at radius 2 is 1.94 bits per heavy atom. The standard InChI is InChI=1S/C11H10N4O/c12-10-9(2-1-5-14-10)11(16)15-8-3-6-13-7-4-8/h1-7H,(H2,12,14)(H,13,15,16). The molecule has 0 saturated heterocycles. The molecule has 0 aliphatic carbocycles. The van der Waals surface area contributed by atoms with Crippen molar-refractivity contribution >= 4 is 17.4 Å². The summed E-state index contributed by atoms with van der Waals surface area (Å²) in [7, 11) is 0. The number of pyridine rings is 2. The van der Waals surface area contributed by atoms with Crippen molar-refractivity contribution in [1.29, 1.82) is 0 Å². The Balaban J connectivity index is 2.19. The average Bonchev–Trinajstić information content (AvgIpc) is 2.31. The quantitative estimate of drug-likeness (QED) is 0.789. The number of hydrogen-bond acceptors (Lipinski definition) is 4. The van der Waals surface area contributed by atoms with E-state index in [0.29, 0.717) is 11.3 Å². The van der Waals surface area contributed by atoms with Crippen LogP contribution in [0, 0.1) is 0 Å². The molecule has 2 heterocycles. The second-order valence-electron chi connectivity index (χ2n) is 3.13. The summed E-state index contributed by atoms with van der Waals surface area (Å²) in [5.41, 5.74) is 6.62. The van der Waals surface area contributed by atoms with Gasteiger partial charge in [-0.1, -0.05) is 0 Å². The molecule has 2 aromatic heterocycles. The van der Waals surface area contributed by atoms with Crippen molar-refractivity contribution in [1.82, 2.24) is 9.97 Å². The number of amides is 1. The zero-order valence-corrected chi connectivity index (χ0v) is 8.42. The number of carbonyl (C=O) groups excluding carboxylic acids is 1. The minimum atomic E-state index is -0.281. The second-order valence-corrected chi connectivity index (χ2v) is 3.13. The summed E-state index contributed by atoms with van der Waals surface area (Å²) in [5, 5.41) is 2.70. The number of nitrogens with two attached hydrogens (primary N) is 1. The van der Waals surface area contributed by atoms with E-state index < -0.39 is 0 Å². The maximum atomic E-state index is 11.8. The van der Waals surface area contributed by atoms with Gasteiger partial charge in [0.15, 0.2) is 0 Å². The summed E-state index contributed by atoms with van der Waals surface area (Å²) in [6, 6.07) is 6.69. The molecule has 16 heavy (non-hydrogen) atoms. The molecular weight excluding hydrogens is 204 g/mol. The summed E-state index contributed by atoms with van der Waals surface area (Å²) in [5.74, 6) is -0.0640. The third kappa shape index (κ3) is 2.14. The van der Waals surface area contributed by atoms with Crippen LogP contribution in [0.2, 0.25) is 0 Å². The first kappa shape index (κ1) is 10.1. The smallest absolute Gasteiger partial charge is 0.259 e. The van der Waals surface area contributed by atoms with Crippen molar-refractivity contribution in [3.8, 4) is 0 Å². The Labute approximate surface area is 92.3 Å². The first-order valence-electron chi connectivity index (χ1n) is 4.69. The number of anilines is 2. The molecule has 0 spiro atoms. The van der Waals surface area contributed by atoms with Crippen LogP contribution in [0.15, 0.2) is 42.9 Å². The van der Waals surface area contributed by atoms with Crippen LogP contribution in [-0.4, -0.2) is 15.9 Å². The lowest BCUT2D eigenvalue weighted by atomic mass is 10.2. The van der Waals surface area contributed by atoms with Crippen LogP contribution in [0.4, 0.5) is 11.5 Å². The molecule has 3 N–H and O–H groups in total. The molecule has 0 atom stereocenters. The monoisotopic (exact) mass is 214 g/mol. The lowest BCUT2D eigenvalue weighted by molar-refractivity contribution is 0.102. The Hall–Kier alpha value is -2.43. The molecule has 2 rings (SSSR count). The van der Waals surface area contributed by atoms with E-state index in [1.165, 1.54) is 0 Å². The summed E-state index contributed by atoms with van der Waals surface area (Å²) in [4.78, 5) is 19.5. The first-order chi connectivity index (χ1) is 7.77. The Morgan fingerprint density at radius 1 is 1.19 bits per heavy atom. The zero-order chi connectivity index (χ0) is 11.4. The number of aromatic nitrogens is 2. The van der Waals surface area contributed by atoms with E-state index in [2.05, 4.69) is 15.3 Å². The molecule has 5 heteroatoms. The Bertz CT molecular complexity index is 498. The van der Waals surface area contributed by atoms with Crippen molar-refractivity contribution in [2.75, 3.05) is 11.1 Å². The van der Waals surface area contributed by atoms with E-state index in [9.17, 15) is 4.79 Å². The number of nitrogens with one attached hydrogen (secondary N) is 1. The van der Waals surface area contributed by atoms with E-state index in [4.69, 9.17) is 5.73 Å². The number of carbonyl (C=O) groups is 1. The lowest BCUT2D eigenvalue weighted by Crippen LogP contribution is -2.14. The van der Waals surface area contributed by atoms with Gasteiger partial charge in [0.05, 0.1) is 5.56 Å². The predicted octanol–water partition coefficient (Wildman–Crippen LogP) is 1.31. The van der Waals surface area contributed by atoms with Crippen molar-refractivity contribution in [3.05, 3.63) is 48.4 Å². The van der Waals surface area contributed by atoms with Crippen LogP contribution in [0.1, 0.15) is 10.4 Å². The minimum absolute atomic E-state index is 0.217. The van der Waals surface area contributed by atoms with E-state index >= 15 is 0 Å². The van der Waals surface area contributed by atoms with Crippen LogP contribution in [0.25, 0.3) is 0 Å². The van der Waals surface area contributed by atoms with Gasteiger partial charge in [-0.3, -0.25) is 9.78 Å². The van der Waals surface area contributed by atoms with Crippen molar-refractivity contribution < 1.29 is 4.79 Å². The minimum Gasteiger partial charge on any atom is -0.383 e. The molecule has 2 aromatic rings. The molecule has 0 bridgehead atoms. The SMILES string of the molecule is Nc1ncccc1C(=O)Nc1ccncc1. The molecule has 0 aliphatic heterocycles. The van der Waals surface area contributed by atoms with Crippen LogP contribution >= 0.6 is 0 Å². The molecule has 0 unspecified atom stereocenters. The zero-order valence-electron chi connectivity index (χ0n) is 8.42. The molecule has 0 aromatic carbocycles. The number of rotatable bonds is 2. The molecule has 5 nitrogen and oxygen atoms in total. The van der Waals surface area contributed by atoms with Gasteiger partial charge in [-0.15, -0.1) is 0 Å². The van der Waals surface area contributed by atoms with E-state index in [-0.39, 0.29) is 11.7 Å². The average molecular weight is 214 g/mol. The molecule has 80 valence electrons. The summed E-state index contributed by atoms with van der Waals surface area (Å²) in [6.07, 6.45) is 4.74. The molecule has 0 saturated carbocycles. The molecular formula is C11H10N4O. The largest absolute Gasteiger partial charge is 0.383 e. The fourth-order valence-corrected chi connectivity index (χ4v) is 1.24. The molecule has 0 radical (unpaired) electrons. The normalized spacial score (nSPS) is 9.75. The van der Waals surface area contributed by atoms with Crippen LogP contribution in [0.5, 0.6) is 0 Å². The van der Waals surface area contributed by atoms with Crippen molar-refractivity contribution in [2.45, 2.75) is 0 Å². The lowest BCUT2D eigenvalue weighted by Gasteiger charge is -2.05. The van der Waals surface area contributed by atoms with Gasteiger partial charge in [-0.25, -0.2) is 4.98 Å². The van der Waals surface area contributed by atoms with Crippen molar-refractivity contribution in [3.63, 3.8) is 0 Å². The van der Waals surface area contributed by atoms with Gasteiger partial charge in [0, 0.05) is 24.3 Å². The fourth-order valence-electron chi connectivity index (χ4n) is 1.24. The summed E-state index contributed by atoms with van der Waals surface area (Å²) >= 11 is 0. The number of nitrogen functional groups attached to an aromatic ring is 1. The van der Waals surface area contributed by atoms with Gasteiger partial charge in [0.25, 0.3) is 5.91 Å². The highest BCUT2D eigenvalue weighted by Crippen LogP contribution is 2.11. The maximum Gasteiger partial charge on any atom is 0.259 e. The fraction of sp³-hybridized carbons (Fsp3) is 0. The van der Waals surface area contributed by atoms with Crippen LogP contribution < -0.4 is 11.1 Å². The molecule has 0 aliphatic rings. The molecule has 0 fully saturated rings. The van der Waals surface area contributed by atoms with Crippen molar-refractivity contribution in [2.24, 2.45) is 0 Å². The topological polar surface area (TPSA) is 80.9 Å². The van der Waals surface area contributed by atoms with E-state index in [0.717, 1.165) is 0 Å². The van der Waals surface area contributed by atoms with Gasteiger partial charge >= 0.3 is 0 Å². The Morgan fingerprint density at radius 3 is 2.62 bits per heavy atom. The third-order valence-corrected chi connectivity index (χ3v) is 2.02. The predicted molar refractivity (Wildman–Crippen MR) is 60.8 cm³/mol. The van der Waals surface area contributed by atoms with Crippen LogP contribution in [-0.2, 0) is 0 Å². The summed E-state index contributed by atoms with van der Waals surface area (Å²) in [6.45, 7) is 0. The second kappa shape index (κ2) is 4.39. The van der Waals surface area contributed by atoms with Gasteiger partial charge in [-0.2, -0.15) is 0 Å². The van der Waals surface area contributed by atoms with Gasteiger partial charge < -0.3 is 11.1 Å². The maximum absolute atomic E-state index is 11.8.